The van der Waals surface area contributed by atoms with Crippen LogP contribution in [0.4, 0.5) is 11.4 Å². The van der Waals surface area contributed by atoms with Gasteiger partial charge in [-0.1, -0.05) is 12.1 Å². The van der Waals surface area contributed by atoms with Crippen LogP contribution in [0.15, 0.2) is 48.5 Å². The van der Waals surface area contributed by atoms with Crippen molar-refractivity contribution < 1.29 is 14.3 Å². The largest absolute Gasteiger partial charge is 0.495 e. The smallest absolute Gasteiger partial charge is 0.257 e. The van der Waals surface area contributed by atoms with Crippen molar-refractivity contribution in [1.29, 1.82) is 0 Å². The van der Waals surface area contributed by atoms with E-state index in [9.17, 15) is 4.79 Å². The quantitative estimate of drug-likeness (QED) is 0.438. The van der Waals surface area contributed by atoms with Gasteiger partial charge in [0.1, 0.15) is 11.5 Å². The number of benzene rings is 2. The van der Waals surface area contributed by atoms with Crippen molar-refractivity contribution in [3.8, 4) is 11.5 Å². The van der Waals surface area contributed by atoms with Gasteiger partial charge in [-0.05, 0) is 55.5 Å². The lowest BCUT2D eigenvalue weighted by Gasteiger charge is -2.13. The number of hydrazine groups is 1. The molecule has 26 heavy (non-hydrogen) atoms. The van der Waals surface area contributed by atoms with Crippen molar-refractivity contribution in [1.82, 2.24) is 10.9 Å². The summed E-state index contributed by atoms with van der Waals surface area (Å²) < 4.78 is 10.6. The summed E-state index contributed by atoms with van der Waals surface area (Å²) in [6.45, 7) is 2.61. The maximum absolute atomic E-state index is 11.9. The average Bonchev–Trinajstić information content (AvgIpc) is 2.66. The normalized spacial score (nSPS) is 9.77. The number of para-hydroxylation sites is 2. The van der Waals surface area contributed by atoms with Gasteiger partial charge in [0, 0.05) is 5.69 Å². The fourth-order valence-corrected chi connectivity index (χ4v) is 2.27. The Labute approximate surface area is 158 Å². The fraction of sp³-hybridized carbons (Fsp3) is 0.222. The number of methoxy groups -OCH3 is 1. The Bertz CT molecular complexity index is 737. The summed E-state index contributed by atoms with van der Waals surface area (Å²) in [5, 5.41) is 6.25. The number of carbonyl (C=O) groups is 1. The topological polar surface area (TPSA) is 83.7 Å². The summed E-state index contributed by atoms with van der Waals surface area (Å²) in [5.74, 6) is 1.18. The molecule has 0 aliphatic carbocycles. The zero-order valence-corrected chi connectivity index (χ0v) is 15.5. The summed E-state index contributed by atoms with van der Waals surface area (Å²) in [6, 6.07) is 14.7. The minimum Gasteiger partial charge on any atom is -0.495 e. The first-order valence-electron chi connectivity index (χ1n) is 8.08. The minimum atomic E-state index is -0.272. The molecule has 0 fully saturated rings. The third-order valence-electron chi connectivity index (χ3n) is 3.29. The standard InChI is InChI=1S/C18H22N4O3S/c1-3-25-14-10-8-13(9-11-14)20-18(26)22-21-17(23)12-19-15-6-4-5-7-16(15)24-2/h4-11,19H,3,12H2,1-2H3,(H,21,23)(H2,20,22,26). The maximum atomic E-state index is 11.9. The van der Waals surface area contributed by atoms with Gasteiger partial charge in [-0.3, -0.25) is 15.6 Å². The molecule has 4 N–H and O–H groups in total. The van der Waals surface area contributed by atoms with Crippen molar-refractivity contribution in [3.05, 3.63) is 48.5 Å². The molecule has 1 amide bonds. The summed E-state index contributed by atoms with van der Waals surface area (Å²) in [5.41, 5.74) is 6.70. The molecule has 0 aliphatic heterocycles. The molecule has 0 radical (unpaired) electrons. The van der Waals surface area contributed by atoms with Crippen LogP contribution in [0, 0.1) is 0 Å². The second-order valence-corrected chi connectivity index (χ2v) is 5.55. The third-order valence-corrected chi connectivity index (χ3v) is 3.49. The van der Waals surface area contributed by atoms with Gasteiger partial charge in [-0.2, -0.15) is 0 Å². The Kier molecular flexibility index (Phi) is 7.50. The molecule has 2 aromatic rings. The highest BCUT2D eigenvalue weighted by Gasteiger charge is 2.05. The van der Waals surface area contributed by atoms with E-state index in [0.29, 0.717) is 12.4 Å². The molecule has 2 aromatic carbocycles. The van der Waals surface area contributed by atoms with Crippen LogP contribution in [0.5, 0.6) is 11.5 Å². The van der Waals surface area contributed by atoms with Crippen LogP contribution in [-0.4, -0.2) is 31.3 Å². The molecule has 0 unspecified atom stereocenters. The minimum absolute atomic E-state index is 0.0685. The van der Waals surface area contributed by atoms with Crippen molar-refractivity contribution >= 4 is 34.6 Å². The molecule has 8 heteroatoms. The van der Waals surface area contributed by atoms with Gasteiger partial charge in [0.05, 0.1) is 25.9 Å². The van der Waals surface area contributed by atoms with E-state index in [1.807, 2.05) is 55.5 Å². The van der Waals surface area contributed by atoms with Crippen LogP contribution >= 0.6 is 12.2 Å². The van der Waals surface area contributed by atoms with E-state index in [4.69, 9.17) is 21.7 Å². The van der Waals surface area contributed by atoms with Gasteiger partial charge in [-0.15, -0.1) is 0 Å². The predicted molar refractivity (Wildman–Crippen MR) is 107 cm³/mol. The fourth-order valence-electron chi connectivity index (χ4n) is 2.10. The molecule has 0 bridgehead atoms. The van der Waals surface area contributed by atoms with E-state index in [0.717, 1.165) is 17.1 Å². The molecule has 0 aliphatic rings. The number of carbonyl (C=O) groups excluding carboxylic acids is 1. The first-order chi connectivity index (χ1) is 12.6. The number of hydrogen-bond acceptors (Lipinski definition) is 5. The van der Waals surface area contributed by atoms with Crippen LogP contribution in [0.2, 0.25) is 0 Å². The second kappa shape index (κ2) is 10.1. The van der Waals surface area contributed by atoms with Crippen LogP contribution in [0.1, 0.15) is 6.92 Å². The molecule has 0 aromatic heterocycles. The molecule has 0 saturated heterocycles. The van der Waals surface area contributed by atoms with E-state index >= 15 is 0 Å². The lowest BCUT2D eigenvalue weighted by Crippen LogP contribution is -2.45. The molecule has 0 saturated carbocycles. The van der Waals surface area contributed by atoms with Crippen LogP contribution in [-0.2, 0) is 4.79 Å². The van der Waals surface area contributed by atoms with Gasteiger partial charge in [-0.25, -0.2) is 0 Å². The van der Waals surface area contributed by atoms with Crippen LogP contribution in [0.25, 0.3) is 0 Å². The first kappa shape index (κ1) is 19.3. The van der Waals surface area contributed by atoms with Gasteiger partial charge in [0.2, 0.25) is 0 Å². The molecule has 138 valence electrons. The summed E-state index contributed by atoms with van der Waals surface area (Å²) in [7, 11) is 1.58. The highest BCUT2D eigenvalue weighted by molar-refractivity contribution is 7.80. The lowest BCUT2D eigenvalue weighted by molar-refractivity contribution is -0.119. The Morgan fingerprint density at radius 2 is 1.81 bits per heavy atom. The zero-order valence-electron chi connectivity index (χ0n) is 14.7. The maximum Gasteiger partial charge on any atom is 0.257 e. The van der Waals surface area contributed by atoms with Gasteiger partial charge in [0.25, 0.3) is 5.91 Å². The van der Waals surface area contributed by atoms with E-state index in [2.05, 4.69) is 21.5 Å². The molecular weight excluding hydrogens is 352 g/mol. The highest BCUT2D eigenvalue weighted by atomic mass is 32.1. The van der Waals surface area contributed by atoms with Crippen molar-refractivity contribution in [2.45, 2.75) is 6.92 Å². The number of amides is 1. The van der Waals surface area contributed by atoms with Crippen molar-refractivity contribution in [3.63, 3.8) is 0 Å². The average molecular weight is 374 g/mol. The molecule has 0 atom stereocenters. The van der Waals surface area contributed by atoms with Crippen LogP contribution in [0.3, 0.4) is 0 Å². The Balaban J connectivity index is 1.73. The van der Waals surface area contributed by atoms with Gasteiger partial charge < -0.3 is 20.1 Å². The van der Waals surface area contributed by atoms with E-state index in [1.54, 1.807) is 7.11 Å². The monoisotopic (exact) mass is 374 g/mol. The first-order valence-corrected chi connectivity index (χ1v) is 8.48. The van der Waals surface area contributed by atoms with Gasteiger partial charge >= 0.3 is 0 Å². The number of thiocarbonyl (C=S) groups is 1. The molecule has 2 rings (SSSR count). The van der Waals surface area contributed by atoms with E-state index in [1.165, 1.54) is 0 Å². The van der Waals surface area contributed by atoms with E-state index < -0.39 is 0 Å². The molecule has 7 nitrogen and oxygen atoms in total. The predicted octanol–water partition coefficient (Wildman–Crippen LogP) is 2.52. The number of nitrogens with one attached hydrogen (secondary N) is 4. The Morgan fingerprint density at radius 1 is 1.08 bits per heavy atom. The number of rotatable bonds is 7. The number of anilines is 2. The molecule has 0 heterocycles. The highest BCUT2D eigenvalue weighted by Crippen LogP contribution is 2.22. The third kappa shape index (κ3) is 6.14. The lowest BCUT2D eigenvalue weighted by atomic mass is 10.3. The number of hydrogen-bond donors (Lipinski definition) is 4. The number of ether oxygens (including phenoxy) is 2. The van der Waals surface area contributed by atoms with Gasteiger partial charge in [0.15, 0.2) is 5.11 Å². The molecule has 0 spiro atoms. The SMILES string of the molecule is CCOc1ccc(NC(=S)NNC(=O)CNc2ccccc2OC)cc1. The summed E-state index contributed by atoms with van der Waals surface area (Å²) >= 11 is 5.15. The van der Waals surface area contributed by atoms with Crippen molar-refractivity contribution in [2.24, 2.45) is 0 Å². The molecular formula is C18H22N4O3S. The van der Waals surface area contributed by atoms with E-state index in [-0.39, 0.29) is 17.6 Å². The second-order valence-electron chi connectivity index (χ2n) is 5.14. The summed E-state index contributed by atoms with van der Waals surface area (Å²) in [6.07, 6.45) is 0. The Hall–Kier alpha value is -3.00. The van der Waals surface area contributed by atoms with Crippen molar-refractivity contribution in [2.75, 3.05) is 30.9 Å². The zero-order chi connectivity index (χ0) is 18.8. The van der Waals surface area contributed by atoms with Crippen LogP contribution < -0.4 is 31.0 Å². The summed E-state index contributed by atoms with van der Waals surface area (Å²) in [4.78, 5) is 11.9. The Morgan fingerprint density at radius 3 is 2.50 bits per heavy atom.